The van der Waals surface area contributed by atoms with Crippen LogP contribution in [0.3, 0.4) is 0 Å². The summed E-state index contributed by atoms with van der Waals surface area (Å²) < 4.78 is 0. The second kappa shape index (κ2) is 8.92. The molecule has 0 N–H and O–H groups in total. The zero-order chi connectivity index (χ0) is 19.3. The van der Waals surface area contributed by atoms with Gasteiger partial charge < -0.3 is 10.2 Å². The average molecular weight is 404 g/mol. The molecule has 0 amide bonds. The molecule has 0 saturated carbocycles. The summed E-state index contributed by atoms with van der Waals surface area (Å²) in [5.41, 5.74) is 1.43. The van der Waals surface area contributed by atoms with Gasteiger partial charge in [-0.2, -0.15) is 0 Å². The van der Waals surface area contributed by atoms with Crippen LogP contribution in [0.5, 0.6) is 0 Å². The quantitative estimate of drug-likeness (QED) is 0.214. The molecule has 0 saturated heterocycles. The molecule has 0 atom stereocenters. The molecule has 2 aliphatic carbocycles. The van der Waals surface area contributed by atoms with Crippen molar-refractivity contribution in [1.29, 1.82) is 0 Å². The van der Waals surface area contributed by atoms with Crippen LogP contribution in [0.15, 0.2) is 60.1 Å². The zero-order valence-corrected chi connectivity index (χ0v) is 19.8. The van der Waals surface area contributed by atoms with Gasteiger partial charge >= 0.3 is 59.1 Å². The minimum Gasteiger partial charge on any atom is -0.877 e. The van der Waals surface area contributed by atoms with Crippen molar-refractivity contribution in [3.63, 3.8) is 0 Å². The maximum Gasteiger partial charge on any atom is 1.00 e. The molecular formula is C21H10Na2O6. The number of benzene rings is 2. The molecule has 0 bridgehead atoms. The van der Waals surface area contributed by atoms with Crippen LogP contribution in [-0.4, -0.2) is 23.1 Å². The van der Waals surface area contributed by atoms with E-state index < -0.39 is 23.1 Å². The van der Waals surface area contributed by atoms with Crippen molar-refractivity contribution >= 4 is 23.1 Å². The number of hydrogen-bond donors (Lipinski definition) is 0. The molecule has 2 aromatic rings. The van der Waals surface area contributed by atoms with Crippen molar-refractivity contribution in [2.45, 2.75) is 6.42 Å². The molecule has 29 heavy (non-hydrogen) atoms. The minimum atomic E-state index is -0.591. The van der Waals surface area contributed by atoms with Crippen molar-refractivity contribution in [3.8, 4) is 0 Å². The van der Waals surface area contributed by atoms with E-state index >= 15 is 0 Å². The Morgan fingerprint density at radius 3 is 1.28 bits per heavy atom. The Morgan fingerprint density at radius 2 is 0.931 bits per heavy atom. The van der Waals surface area contributed by atoms with E-state index in [1.165, 1.54) is 12.1 Å². The Labute approximate surface area is 209 Å². The summed E-state index contributed by atoms with van der Waals surface area (Å²) in [5.74, 6) is -2.33. The number of hydrogen-bond acceptors (Lipinski definition) is 6. The van der Waals surface area contributed by atoms with Gasteiger partial charge in [-0.1, -0.05) is 24.3 Å². The maximum absolute atomic E-state index is 12.1. The molecule has 0 unspecified atom stereocenters. The average Bonchev–Trinajstić information content (AvgIpc) is 3.05. The fraction of sp³-hybridized carbons (Fsp3) is 0.0476. The summed E-state index contributed by atoms with van der Waals surface area (Å²) >= 11 is 0. The molecule has 0 aliphatic heterocycles. The second-order valence-corrected chi connectivity index (χ2v) is 6.32. The van der Waals surface area contributed by atoms with Crippen molar-refractivity contribution in [1.82, 2.24) is 0 Å². The summed E-state index contributed by atoms with van der Waals surface area (Å²) in [5, 5.41) is 21.8. The van der Waals surface area contributed by atoms with Crippen LogP contribution in [0, 0.1) is 0 Å². The van der Waals surface area contributed by atoms with Gasteiger partial charge in [0, 0.05) is 22.3 Å². The van der Waals surface area contributed by atoms with Gasteiger partial charge in [0.05, 0.1) is 11.1 Å². The number of fused-ring (bicyclic) bond motifs is 2. The van der Waals surface area contributed by atoms with Gasteiger partial charge in [0.1, 0.15) is 0 Å². The van der Waals surface area contributed by atoms with E-state index in [4.69, 9.17) is 0 Å². The number of carbonyl (C=O) groups is 4. The smallest absolute Gasteiger partial charge is 0.877 e. The van der Waals surface area contributed by atoms with Crippen LogP contribution in [0.1, 0.15) is 52.6 Å². The molecule has 2 aromatic carbocycles. The van der Waals surface area contributed by atoms with Crippen LogP contribution in [0.4, 0.5) is 0 Å². The standard InChI is InChI=1S/C21H12O6.2Na/c22-8-16-18(24)12-3-1-10(6-14(12)20(16)26)5-11-2-4-13-15(7-11)21(27)17(9-23)19(13)25;;/h1-4,6-9,22-23H,5H2;;/q;2*+1/p-2/b16-8-,17-9-;;. The van der Waals surface area contributed by atoms with E-state index in [0.717, 1.165) is 0 Å². The first kappa shape index (κ1) is 23.5. The monoisotopic (exact) mass is 404 g/mol. The normalized spacial score (nSPS) is 17.2. The fourth-order valence-corrected chi connectivity index (χ4v) is 3.41. The van der Waals surface area contributed by atoms with Gasteiger partial charge in [-0.05, 0) is 29.7 Å². The first-order valence-corrected chi connectivity index (χ1v) is 8.05. The molecule has 4 rings (SSSR count). The maximum atomic E-state index is 12.1. The number of ketones is 4. The van der Waals surface area contributed by atoms with Gasteiger partial charge in [-0.3, -0.25) is 19.2 Å². The number of allylic oxidation sites excluding steroid dienone is 2. The van der Waals surface area contributed by atoms with Crippen LogP contribution in [-0.2, 0) is 6.42 Å². The van der Waals surface area contributed by atoms with Crippen LogP contribution >= 0.6 is 0 Å². The molecule has 6 nitrogen and oxygen atoms in total. The third-order valence-corrected chi connectivity index (χ3v) is 4.77. The topological polar surface area (TPSA) is 114 Å². The van der Waals surface area contributed by atoms with E-state index in [2.05, 4.69) is 0 Å². The summed E-state index contributed by atoms with van der Waals surface area (Å²) in [6, 6.07) is 9.44. The second-order valence-electron chi connectivity index (χ2n) is 6.32. The first-order chi connectivity index (χ1) is 13.0. The molecule has 8 heteroatoms. The molecule has 0 heterocycles. The van der Waals surface area contributed by atoms with E-state index in [1.807, 2.05) is 0 Å². The van der Waals surface area contributed by atoms with Crippen LogP contribution in [0.25, 0.3) is 0 Å². The van der Waals surface area contributed by atoms with Gasteiger partial charge in [-0.25, -0.2) is 0 Å². The molecule has 132 valence electrons. The fourth-order valence-electron chi connectivity index (χ4n) is 3.41. The molecule has 0 fully saturated rings. The molecule has 0 aromatic heterocycles. The van der Waals surface area contributed by atoms with Crippen molar-refractivity contribution in [2.24, 2.45) is 0 Å². The van der Waals surface area contributed by atoms with E-state index in [9.17, 15) is 29.4 Å². The third kappa shape index (κ3) is 3.72. The summed E-state index contributed by atoms with van der Waals surface area (Å²) in [4.78, 5) is 48.2. The number of carbonyl (C=O) groups excluding carboxylic acids is 4. The van der Waals surface area contributed by atoms with Gasteiger partial charge in [-0.15, -0.1) is 12.5 Å². The Balaban J connectivity index is 0.00000150. The summed E-state index contributed by atoms with van der Waals surface area (Å²) in [6.07, 6.45) is 0.888. The Bertz CT molecular complexity index is 1050. The summed E-state index contributed by atoms with van der Waals surface area (Å²) in [6.45, 7) is 0. The van der Waals surface area contributed by atoms with Crippen molar-refractivity contribution in [3.05, 3.63) is 93.4 Å². The molecule has 2 aliphatic rings. The Kier molecular flexibility index (Phi) is 7.22. The SMILES string of the molecule is O=C1/C(=C/[O-])C(=O)c2cc(Cc3ccc4c(c3)C(=O)/C(=C\[O-])C4=O)ccc21.[Na+].[Na+]. The minimum absolute atomic E-state index is 0. The summed E-state index contributed by atoms with van der Waals surface area (Å²) in [7, 11) is 0. The van der Waals surface area contributed by atoms with Crippen molar-refractivity contribution in [2.75, 3.05) is 0 Å². The molecular weight excluding hydrogens is 394 g/mol. The van der Waals surface area contributed by atoms with Gasteiger partial charge in [0.15, 0.2) is 23.1 Å². The van der Waals surface area contributed by atoms with Crippen molar-refractivity contribution < 1.29 is 88.5 Å². The van der Waals surface area contributed by atoms with E-state index in [-0.39, 0.29) is 105 Å². The first-order valence-electron chi connectivity index (χ1n) is 8.05. The third-order valence-electron chi connectivity index (χ3n) is 4.77. The zero-order valence-electron chi connectivity index (χ0n) is 15.8. The van der Waals surface area contributed by atoms with Gasteiger partial charge in [0.25, 0.3) is 0 Å². The number of Topliss-reactive ketones (excluding diaryl/α,β-unsaturated/α-hetero) is 4. The van der Waals surface area contributed by atoms with Crippen LogP contribution in [0.2, 0.25) is 0 Å². The predicted octanol–water partition coefficient (Wildman–Crippen LogP) is -5.47. The van der Waals surface area contributed by atoms with Crippen LogP contribution < -0.4 is 69.3 Å². The predicted molar refractivity (Wildman–Crippen MR) is 89.2 cm³/mol. The van der Waals surface area contributed by atoms with E-state index in [0.29, 0.717) is 17.5 Å². The molecule has 0 spiro atoms. The van der Waals surface area contributed by atoms with E-state index in [1.54, 1.807) is 24.3 Å². The van der Waals surface area contributed by atoms with Gasteiger partial charge in [0.2, 0.25) is 0 Å². The largest absolute Gasteiger partial charge is 1.00 e. The number of rotatable bonds is 2. The Hall–Kier alpha value is -1.80. The molecule has 0 radical (unpaired) electrons. The Morgan fingerprint density at radius 1 is 0.586 bits per heavy atom.